The van der Waals surface area contributed by atoms with Gasteiger partial charge >= 0.3 is 0 Å². The third-order valence-electron chi connectivity index (χ3n) is 2.37. The second-order valence-electron chi connectivity index (χ2n) is 3.34. The van der Waals surface area contributed by atoms with E-state index in [0.29, 0.717) is 24.4 Å². The SMILES string of the molecule is CCN(CC)C(=O)CSc1cnccc1C#N. The van der Waals surface area contributed by atoms with Crippen LogP contribution >= 0.6 is 11.8 Å². The van der Waals surface area contributed by atoms with E-state index >= 15 is 0 Å². The number of carbonyl (C=O) groups is 1. The number of pyridine rings is 1. The van der Waals surface area contributed by atoms with Gasteiger partial charge in [0.05, 0.1) is 11.3 Å². The van der Waals surface area contributed by atoms with E-state index in [1.54, 1.807) is 23.4 Å². The van der Waals surface area contributed by atoms with Gasteiger partial charge in [-0.25, -0.2) is 0 Å². The van der Waals surface area contributed by atoms with Crippen molar-refractivity contribution in [2.45, 2.75) is 18.7 Å². The van der Waals surface area contributed by atoms with Gasteiger partial charge in [0.15, 0.2) is 0 Å². The second kappa shape index (κ2) is 6.92. The van der Waals surface area contributed by atoms with E-state index in [2.05, 4.69) is 11.1 Å². The van der Waals surface area contributed by atoms with Crippen LogP contribution in [-0.2, 0) is 4.79 Å². The summed E-state index contributed by atoms with van der Waals surface area (Å²) in [7, 11) is 0. The molecule has 1 aromatic heterocycles. The van der Waals surface area contributed by atoms with Gasteiger partial charge in [-0.15, -0.1) is 11.8 Å². The van der Waals surface area contributed by atoms with Gasteiger partial charge in [-0.3, -0.25) is 9.78 Å². The maximum absolute atomic E-state index is 11.8. The average Bonchev–Trinajstić information content (AvgIpc) is 2.38. The number of rotatable bonds is 5. The molecule has 0 atom stereocenters. The van der Waals surface area contributed by atoms with Crippen LogP contribution in [0.15, 0.2) is 23.4 Å². The minimum absolute atomic E-state index is 0.0905. The molecule has 1 amide bonds. The van der Waals surface area contributed by atoms with Crippen LogP contribution in [0.25, 0.3) is 0 Å². The minimum Gasteiger partial charge on any atom is -0.343 e. The van der Waals surface area contributed by atoms with Crippen LogP contribution in [0.1, 0.15) is 19.4 Å². The summed E-state index contributed by atoms with van der Waals surface area (Å²) in [6.45, 7) is 5.34. The van der Waals surface area contributed by atoms with E-state index < -0.39 is 0 Å². The number of amides is 1. The van der Waals surface area contributed by atoms with Crippen molar-refractivity contribution < 1.29 is 4.79 Å². The van der Waals surface area contributed by atoms with Crippen molar-refractivity contribution in [2.24, 2.45) is 0 Å². The van der Waals surface area contributed by atoms with Crippen LogP contribution in [0.5, 0.6) is 0 Å². The highest BCUT2D eigenvalue weighted by atomic mass is 32.2. The van der Waals surface area contributed by atoms with Gasteiger partial charge in [-0.05, 0) is 19.9 Å². The van der Waals surface area contributed by atoms with Crippen molar-refractivity contribution in [2.75, 3.05) is 18.8 Å². The highest BCUT2D eigenvalue weighted by molar-refractivity contribution is 8.00. The fraction of sp³-hybridized carbons (Fsp3) is 0.417. The zero-order valence-electron chi connectivity index (χ0n) is 10.0. The summed E-state index contributed by atoms with van der Waals surface area (Å²) in [5.74, 6) is 0.440. The zero-order chi connectivity index (χ0) is 12.7. The van der Waals surface area contributed by atoms with Crippen molar-refractivity contribution in [1.29, 1.82) is 5.26 Å². The van der Waals surface area contributed by atoms with Gasteiger partial charge < -0.3 is 4.90 Å². The van der Waals surface area contributed by atoms with Gasteiger partial charge in [-0.1, -0.05) is 0 Å². The lowest BCUT2D eigenvalue weighted by Crippen LogP contribution is -2.31. The second-order valence-corrected chi connectivity index (χ2v) is 4.36. The molecule has 0 aliphatic rings. The topological polar surface area (TPSA) is 57.0 Å². The number of hydrogen-bond acceptors (Lipinski definition) is 4. The number of thioether (sulfide) groups is 1. The lowest BCUT2D eigenvalue weighted by Gasteiger charge is -2.18. The standard InChI is InChI=1S/C12H15N3OS/c1-3-15(4-2)12(16)9-17-11-8-14-6-5-10(11)7-13/h5-6,8H,3-4,9H2,1-2H3. The number of aromatic nitrogens is 1. The Morgan fingerprint density at radius 1 is 1.53 bits per heavy atom. The molecule has 0 saturated heterocycles. The Balaban J connectivity index is 2.62. The molecule has 5 heteroatoms. The smallest absolute Gasteiger partial charge is 0.232 e. The van der Waals surface area contributed by atoms with E-state index in [1.807, 2.05) is 13.8 Å². The van der Waals surface area contributed by atoms with Gasteiger partial charge in [0.2, 0.25) is 5.91 Å². The molecule has 0 saturated carbocycles. The molecular weight excluding hydrogens is 234 g/mol. The van der Waals surface area contributed by atoms with Gasteiger partial charge in [0, 0.05) is 30.4 Å². The molecule has 17 heavy (non-hydrogen) atoms. The molecule has 0 radical (unpaired) electrons. The Bertz CT molecular complexity index is 424. The van der Waals surface area contributed by atoms with Crippen LogP contribution < -0.4 is 0 Å². The quantitative estimate of drug-likeness (QED) is 0.748. The number of nitrogens with zero attached hydrogens (tertiary/aromatic N) is 3. The predicted octanol–water partition coefficient (Wildman–Crippen LogP) is 1.91. The Hall–Kier alpha value is -1.54. The molecule has 90 valence electrons. The molecule has 4 nitrogen and oxygen atoms in total. The van der Waals surface area contributed by atoms with Crippen molar-refractivity contribution in [3.63, 3.8) is 0 Å². The maximum atomic E-state index is 11.8. The minimum atomic E-state index is 0.0905. The normalized spacial score (nSPS) is 9.71. The molecule has 1 rings (SSSR count). The van der Waals surface area contributed by atoms with Crippen LogP contribution in [0.3, 0.4) is 0 Å². The highest BCUT2D eigenvalue weighted by Gasteiger charge is 2.11. The molecular formula is C12H15N3OS. The van der Waals surface area contributed by atoms with Crippen molar-refractivity contribution in [3.8, 4) is 6.07 Å². The first kappa shape index (κ1) is 13.5. The number of carbonyl (C=O) groups excluding carboxylic acids is 1. The Kier molecular flexibility index (Phi) is 5.50. The fourth-order valence-electron chi connectivity index (χ4n) is 1.39. The van der Waals surface area contributed by atoms with E-state index in [0.717, 1.165) is 4.90 Å². The van der Waals surface area contributed by atoms with Crippen LogP contribution in [0.2, 0.25) is 0 Å². The summed E-state index contributed by atoms with van der Waals surface area (Å²) < 4.78 is 0. The lowest BCUT2D eigenvalue weighted by atomic mass is 10.3. The number of hydrogen-bond donors (Lipinski definition) is 0. The van der Waals surface area contributed by atoms with Crippen molar-refractivity contribution >= 4 is 17.7 Å². The Morgan fingerprint density at radius 2 is 2.24 bits per heavy atom. The van der Waals surface area contributed by atoms with Gasteiger partial charge in [0.1, 0.15) is 6.07 Å². The van der Waals surface area contributed by atoms with Crippen LogP contribution in [0, 0.1) is 11.3 Å². The van der Waals surface area contributed by atoms with E-state index in [9.17, 15) is 4.79 Å². The monoisotopic (exact) mass is 249 g/mol. The largest absolute Gasteiger partial charge is 0.343 e. The molecule has 0 fully saturated rings. The van der Waals surface area contributed by atoms with Crippen molar-refractivity contribution in [1.82, 2.24) is 9.88 Å². The first-order valence-corrected chi connectivity index (χ1v) is 6.46. The van der Waals surface area contributed by atoms with Gasteiger partial charge in [0.25, 0.3) is 0 Å². The third-order valence-corrected chi connectivity index (χ3v) is 3.40. The average molecular weight is 249 g/mol. The Morgan fingerprint density at radius 3 is 2.82 bits per heavy atom. The molecule has 0 unspecified atom stereocenters. The third kappa shape index (κ3) is 3.75. The first-order chi connectivity index (χ1) is 8.22. The maximum Gasteiger partial charge on any atom is 0.232 e. The predicted molar refractivity (Wildman–Crippen MR) is 67.6 cm³/mol. The summed E-state index contributed by atoms with van der Waals surface area (Å²) in [6, 6.07) is 3.75. The summed E-state index contributed by atoms with van der Waals surface area (Å²) in [4.78, 5) is 18.3. The van der Waals surface area contributed by atoms with Crippen LogP contribution in [-0.4, -0.2) is 34.6 Å². The first-order valence-electron chi connectivity index (χ1n) is 5.47. The van der Waals surface area contributed by atoms with E-state index in [4.69, 9.17) is 5.26 Å². The zero-order valence-corrected chi connectivity index (χ0v) is 10.8. The summed E-state index contributed by atoms with van der Waals surface area (Å²) >= 11 is 1.36. The summed E-state index contributed by atoms with van der Waals surface area (Å²) in [5, 5.41) is 8.90. The fourth-order valence-corrected chi connectivity index (χ4v) is 2.26. The molecule has 0 N–H and O–H groups in total. The Labute approximate surface area is 106 Å². The lowest BCUT2D eigenvalue weighted by molar-refractivity contribution is -0.127. The molecule has 0 spiro atoms. The number of nitriles is 1. The van der Waals surface area contributed by atoms with Crippen LogP contribution in [0.4, 0.5) is 0 Å². The van der Waals surface area contributed by atoms with E-state index in [1.165, 1.54) is 11.8 Å². The molecule has 0 bridgehead atoms. The van der Waals surface area contributed by atoms with E-state index in [-0.39, 0.29) is 5.91 Å². The molecule has 0 aromatic carbocycles. The highest BCUT2D eigenvalue weighted by Crippen LogP contribution is 2.21. The molecule has 1 heterocycles. The van der Waals surface area contributed by atoms with Gasteiger partial charge in [-0.2, -0.15) is 5.26 Å². The molecule has 0 aliphatic heterocycles. The van der Waals surface area contributed by atoms with Crippen molar-refractivity contribution in [3.05, 3.63) is 24.0 Å². The summed E-state index contributed by atoms with van der Waals surface area (Å²) in [5.41, 5.74) is 0.567. The molecule has 0 aliphatic carbocycles. The molecule has 1 aromatic rings. The summed E-state index contributed by atoms with van der Waals surface area (Å²) in [6.07, 6.45) is 3.20.